The summed E-state index contributed by atoms with van der Waals surface area (Å²) in [5, 5.41) is -0.241. The molecule has 0 aliphatic carbocycles. The summed E-state index contributed by atoms with van der Waals surface area (Å²) in [6, 6.07) is 3.19. The number of pyridine rings is 1. The number of esters is 1. The Hall–Kier alpha value is -1.62. The van der Waals surface area contributed by atoms with Crippen molar-refractivity contribution in [2.24, 2.45) is 0 Å². The standard InChI is InChI=1S/C11H11ClN2O3/c1-17-11(16)8-3-2-4-13-10(8)14-6-7(12)5-9(14)15/h2-4,7H,5-6H2,1H3. The minimum absolute atomic E-state index is 0.131. The number of amides is 1. The first kappa shape index (κ1) is 11.9. The molecule has 1 aromatic rings. The van der Waals surface area contributed by atoms with Crippen LogP contribution in [0.1, 0.15) is 16.8 Å². The predicted octanol–water partition coefficient (Wildman–Crippen LogP) is 1.21. The molecule has 0 bridgehead atoms. The summed E-state index contributed by atoms with van der Waals surface area (Å²) in [5.74, 6) is -0.333. The molecule has 1 saturated heterocycles. The smallest absolute Gasteiger partial charge is 0.341 e. The molecule has 0 spiro atoms. The van der Waals surface area contributed by atoms with E-state index in [2.05, 4.69) is 9.72 Å². The van der Waals surface area contributed by atoms with Crippen LogP contribution in [0.2, 0.25) is 0 Å². The number of aromatic nitrogens is 1. The Balaban J connectivity index is 2.38. The van der Waals surface area contributed by atoms with Crippen LogP contribution in [0.3, 0.4) is 0 Å². The minimum atomic E-state index is -0.515. The van der Waals surface area contributed by atoms with Gasteiger partial charge in [-0.05, 0) is 12.1 Å². The van der Waals surface area contributed by atoms with Crippen molar-refractivity contribution in [3.63, 3.8) is 0 Å². The summed E-state index contributed by atoms with van der Waals surface area (Å²) in [5.41, 5.74) is 0.272. The molecule has 0 aromatic carbocycles. The maximum Gasteiger partial charge on any atom is 0.341 e. The summed E-state index contributed by atoms with van der Waals surface area (Å²) in [4.78, 5) is 28.7. The lowest BCUT2D eigenvalue weighted by molar-refractivity contribution is -0.117. The fraction of sp³-hybridized carbons (Fsp3) is 0.364. The molecule has 17 heavy (non-hydrogen) atoms. The summed E-state index contributed by atoms with van der Waals surface area (Å²) in [6.07, 6.45) is 1.79. The Bertz CT molecular complexity index is 464. The summed E-state index contributed by atoms with van der Waals surface area (Å²) >= 11 is 5.91. The van der Waals surface area contributed by atoms with Crippen LogP contribution in [0, 0.1) is 0 Å². The average molecular weight is 255 g/mol. The zero-order valence-corrected chi connectivity index (χ0v) is 9.98. The van der Waals surface area contributed by atoms with Crippen molar-refractivity contribution in [3.8, 4) is 0 Å². The highest BCUT2D eigenvalue weighted by Crippen LogP contribution is 2.25. The molecule has 6 heteroatoms. The summed E-state index contributed by atoms with van der Waals surface area (Å²) in [7, 11) is 1.29. The third-order valence-corrected chi connectivity index (χ3v) is 2.82. The molecule has 1 unspecified atom stereocenters. The fourth-order valence-corrected chi connectivity index (χ4v) is 2.02. The maximum atomic E-state index is 11.7. The second-order valence-electron chi connectivity index (χ2n) is 3.67. The molecule has 2 rings (SSSR count). The number of rotatable bonds is 2. The van der Waals surface area contributed by atoms with E-state index < -0.39 is 5.97 Å². The van der Waals surface area contributed by atoms with Crippen LogP contribution >= 0.6 is 11.6 Å². The Morgan fingerprint density at radius 1 is 1.65 bits per heavy atom. The van der Waals surface area contributed by atoms with E-state index in [9.17, 15) is 9.59 Å². The van der Waals surface area contributed by atoms with Crippen LogP contribution in [0.15, 0.2) is 18.3 Å². The molecule has 1 aliphatic rings. The van der Waals surface area contributed by atoms with Crippen molar-refractivity contribution in [3.05, 3.63) is 23.9 Å². The quantitative estimate of drug-likeness (QED) is 0.588. The highest BCUT2D eigenvalue weighted by atomic mass is 35.5. The van der Waals surface area contributed by atoms with Gasteiger partial charge in [-0.25, -0.2) is 9.78 Å². The lowest BCUT2D eigenvalue weighted by Crippen LogP contribution is -2.27. The molecule has 1 aromatic heterocycles. The van der Waals surface area contributed by atoms with E-state index in [-0.39, 0.29) is 23.3 Å². The highest BCUT2D eigenvalue weighted by Gasteiger charge is 2.32. The second-order valence-corrected chi connectivity index (χ2v) is 4.29. The Labute approximate surface area is 103 Å². The number of halogens is 1. The van der Waals surface area contributed by atoms with Gasteiger partial charge in [0.25, 0.3) is 0 Å². The number of hydrogen-bond donors (Lipinski definition) is 0. The number of carbonyl (C=O) groups is 2. The molecule has 1 fully saturated rings. The number of carbonyl (C=O) groups excluding carboxylic acids is 2. The first-order valence-electron chi connectivity index (χ1n) is 5.11. The molecule has 0 N–H and O–H groups in total. The van der Waals surface area contributed by atoms with Crippen LogP contribution in [0.4, 0.5) is 5.82 Å². The van der Waals surface area contributed by atoms with E-state index in [1.54, 1.807) is 12.1 Å². The van der Waals surface area contributed by atoms with Crippen molar-refractivity contribution < 1.29 is 14.3 Å². The van der Waals surface area contributed by atoms with Gasteiger partial charge < -0.3 is 4.74 Å². The van der Waals surface area contributed by atoms with Gasteiger partial charge in [-0.1, -0.05) is 0 Å². The Morgan fingerprint density at radius 3 is 3.00 bits per heavy atom. The largest absolute Gasteiger partial charge is 0.465 e. The summed E-state index contributed by atoms with van der Waals surface area (Å²) < 4.78 is 4.65. The molecule has 0 saturated carbocycles. The average Bonchev–Trinajstić information content (AvgIpc) is 2.67. The van der Waals surface area contributed by atoms with Crippen LogP contribution < -0.4 is 4.90 Å². The van der Waals surface area contributed by atoms with Crippen LogP contribution in [-0.2, 0) is 9.53 Å². The minimum Gasteiger partial charge on any atom is -0.465 e. The Kier molecular flexibility index (Phi) is 3.28. The SMILES string of the molecule is COC(=O)c1cccnc1N1CC(Cl)CC1=O. The normalized spacial score (nSPS) is 19.5. The van der Waals surface area contributed by atoms with Crippen molar-refractivity contribution in [2.45, 2.75) is 11.8 Å². The molecule has 2 heterocycles. The van der Waals surface area contributed by atoms with Gasteiger partial charge in [0, 0.05) is 19.2 Å². The van der Waals surface area contributed by atoms with Crippen molar-refractivity contribution in [2.75, 3.05) is 18.6 Å². The topological polar surface area (TPSA) is 59.5 Å². The van der Waals surface area contributed by atoms with E-state index >= 15 is 0 Å². The molecule has 90 valence electrons. The molecule has 1 aliphatic heterocycles. The fourth-order valence-electron chi connectivity index (χ4n) is 1.75. The molecule has 0 radical (unpaired) electrons. The third-order valence-electron chi connectivity index (χ3n) is 2.53. The van der Waals surface area contributed by atoms with E-state index in [1.807, 2.05) is 0 Å². The van der Waals surface area contributed by atoms with Gasteiger partial charge in [0.2, 0.25) is 5.91 Å². The molecular weight excluding hydrogens is 244 g/mol. The van der Waals surface area contributed by atoms with E-state index in [0.717, 1.165) is 0 Å². The predicted molar refractivity (Wildman–Crippen MR) is 62.2 cm³/mol. The monoisotopic (exact) mass is 254 g/mol. The number of methoxy groups -OCH3 is 1. The number of ether oxygens (including phenoxy) is 1. The van der Waals surface area contributed by atoms with E-state index in [1.165, 1.54) is 18.2 Å². The zero-order chi connectivity index (χ0) is 12.4. The number of anilines is 1. The van der Waals surface area contributed by atoms with Gasteiger partial charge in [-0.3, -0.25) is 9.69 Å². The highest BCUT2D eigenvalue weighted by molar-refractivity contribution is 6.24. The number of nitrogens with zero attached hydrogens (tertiary/aromatic N) is 2. The van der Waals surface area contributed by atoms with E-state index in [0.29, 0.717) is 12.4 Å². The molecule has 1 amide bonds. The number of alkyl halides is 1. The van der Waals surface area contributed by atoms with E-state index in [4.69, 9.17) is 11.6 Å². The zero-order valence-electron chi connectivity index (χ0n) is 9.22. The van der Waals surface area contributed by atoms with Crippen LogP contribution in [0.5, 0.6) is 0 Å². The van der Waals surface area contributed by atoms with Crippen LogP contribution in [-0.4, -0.2) is 35.9 Å². The van der Waals surface area contributed by atoms with Gasteiger partial charge in [0.15, 0.2) is 0 Å². The van der Waals surface area contributed by atoms with Crippen LogP contribution in [0.25, 0.3) is 0 Å². The lowest BCUT2D eigenvalue weighted by atomic mass is 10.2. The molecule has 1 atom stereocenters. The first-order chi connectivity index (χ1) is 8.13. The third kappa shape index (κ3) is 2.24. The van der Waals surface area contributed by atoms with Crippen molar-refractivity contribution in [1.82, 2.24) is 4.98 Å². The van der Waals surface area contributed by atoms with Gasteiger partial charge in [0.1, 0.15) is 11.4 Å². The second kappa shape index (κ2) is 4.71. The molecular formula is C11H11ClN2O3. The lowest BCUT2D eigenvalue weighted by Gasteiger charge is -2.17. The van der Waals surface area contributed by atoms with Crippen molar-refractivity contribution >= 4 is 29.3 Å². The first-order valence-corrected chi connectivity index (χ1v) is 5.55. The number of hydrogen-bond acceptors (Lipinski definition) is 4. The molecule has 5 nitrogen and oxygen atoms in total. The van der Waals surface area contributed by atoms with Gasteiger partial charge in [-0.15, -0.1) is 11.6 Å². The van der Waals surface area contributed by atoms with Crippen molar-refractivity contribution in [1.29, 1.82) is 0 Å². The van der Waals surface area contributed by atoms with Gasteiger partial charge in [0.05, 0.1) is 12.5 Å². The Morgan fingerprint density at radius 2 is 2.41 bits per heavy atom. The van der Waals surface area contributed by atoms with Gasteiger partial charge >= 0.3 is 5.97 Å². The van der Waals surface area contributed by atoms with Gasteiger partial charge in [-0.2, -0.15) is 0 Å². The summed E-state index contributed by atoms with van der Waals surface area (Å²) in [6.45, 7) is 0.362. The maximum absolute atomic E-state index is 11.7.